The van der Waals surface area contributed by atoms with Crippen molar-refractivity contribution in [3.05, 3.63) is 0 Å². The second-order valence-electron chi connectivity index (χ2n) is 16.5. The molecule has 0 bridgehead atoms. The first-order valence-electron chi connectivity index (χ1n) is 16.9. The molecule has 0 saturated carbocycles. The third-order valence-corrected chi connectivity index (χ3v) is 7.94. The summed E-state index contributed by atoms with van der Waals surface area (Å²) in [6.07, 6.45) is 10.8. The normalized spacial score (nSPS) is 24.9. The van der Waals surface area contributed by atoms with E-state index in [-0.39, 0.29) is 0 Å². The molecule has 3 aliphatic rings. The fourth-order valence-electron chi connectivity index (χ4n) is 6.33. The van der Waals surface area contributed by atoms with Crippen LogP contribution in [0.1, 0.15) is 176 Å². The summed E-state index contributed by atoms with van der Waals surface area (Å²) in [7, 11) is 0. The molecule has 3 saturated heterocycles. The molecular formula is C36H79N3. The SMILES string of the molecule is CC(C)(C)C1CCCN1C(C)(C)C.CCC.CCC.C[C@@H]1CCCN1C(C)(C)C.C[C@H]1CCCN1C(C)(C)C. The summed E-state index contributed by atoms with van der Waals surface area (Å²) >= 11 is 0. The van der Waals surface area contributed by atoms with E-state index in [0.29, 0.717) is 22.0 Å². The maximum absolute atomic E-state index is 2.67. The van der Waals surface area contributed by atoms with E-state index in [9.17, 15) is 0 Å². The maximum Gasteiger partial charge on any atom is 0.0149 e. The lowest BCUT2D eigenvalue weighted by Crippen LogP contribution is -2.49. The Labute approximate surface area is 250 Å². The van der Waals surface area contributed by atoms with Gasteiger partial charge in [0.1, 0.15) is 0 Å². The fraction of sp³-hybridized carbons (Fsp3) is 1.00. The number of rotatable bonds is 0. The summed E-state index contributed by atoms with van der Waals surface area (Å²) in [6, 6.07) is 2.38. The van der Waals surface area contributed by atoms with Gasteiger partial charge in [-0.3, -0.25) is 14.7 Å². The van der Waals surface area contributed by atoms with Gasteiger partial charge in [0.2, 0.25) is 0 Å². The molecule has 0 N–H and O–H groups in total. The van der Waals surface area contributed by atoms with Crippen LogP contribution in [0.3, 0.4) is 0 Å². The van der Waals surface area contributed by atoms with E-state index < -0.39 is 0 Å². The molecule has 3 rings (SSSR count). The Morgan fingerprint density at radius 2 is 0.718 bits per heavy atom. The average Bonchev–Trinajstić information content (AvgIpc) is 3.48. The standard InChI is InChI=1S/C12H25N.2C9H19N.2C3H8/c1-11(2,3)10-8-7-9-13(10)12(4,5)6;2*1-8-6-5-7-10(8)9(2,3)4;2*1-3-2/h10H,7-9H2,1-6H3;2*8H,5-7H2,1-4H3;2*3H2,1-2H3/t;2*8-;;/m.10../s1. The molecule has 0 amide bonds. The molecule has 3 aliphatic heterocycles. The molecule has 0 radical (unpaired) electrons. The molecule has 3 fully saturated rings. The van der Waals surface area contributed by atoms with Gasteiger partial charge >= 0.3 is 0 Å². The summed E-state index contributed by atoms with van der Waals surface area (Å²) in [4.78, 5) is 7.85. The predicted octanol–water partition coefficient (Wildman–Crippen LogP) is 10.7. The van der Waals surface area contributed by atoms with E-state index in [1.807, 2.05) is 0 Å². The van der Waals surface area contributed by atoms with Crippen molar-refractivity contribution in [2.24, 2.45) is 5.41 Å². The summed E-state index contributed by atoms with van der Waals surface area (Å²) in [5.41, 5.74) is 1.55. The lowest BCUT2D eigenvalue weighted by Gasteiger charge is -2.43. The minimum absolute atomic E-state index is 0.342. The third kappa shape index (κ3) is 16.8. The van der Waals surface area contributed by atoms with Crippen molar-refractivity contribution < 1.29 is 0 Å². The van der Waals surface area contributed by atoms with Crippen molar-refractivity contribution in [2.45, 2.75) is 211 Å². The smallest absolute Gasteiger partial charge is 0.0149 e. The Hall–Kier alpha value is -0.120. The molecule has 0 aliphatic carbocycles. The van der Waals surface area contributed by atoms with Gasteiger partial charge in [-0.25, -0.2) is 0 Å². The average molecular weight is 554 g/mol. The highest BCUT2D eigenvalue weighted by Gasteiger charge is 2.39. The van der Waals surface area contributed by atoms with Gasteiger partial charge in [-0.15, -0.1) is 0 Å². The molecular weight excluding hydrogens is 474 g/mol. The van der Waals surface area contributed by atoms with Gasteiger partial charge in [-0.05, 0) is 140 Å². The minimum atomic E-state index is 0.342. The molecule has 0 aromatic heterocycles. The number of hydrogen-bond donors (Lipinski definition) is 0. The maximum atomic E-state index is 2.67. The van der Waals surface area contributed by atoms with E-state index in [4.69, 9.17) is 0 Å². The summed E-state index contributed by atoms with van der Waals surface area (Å²) in [5, 5.41) is 0. The van der Waals surface area contributed by atoms with E-state index in [2.05, 4.69) is 139 Å². The Morgan fingerprint density at radius 1 is 0.462 bits per heavy atom. The van der Waals surface area contributed by atoms with Gasteiger partial charge in [-0.2, -0.15) is 0 Å². The molecule has 1 unspecified atom stereocenters. The van der Waals surface area contributed by atoms with Crippen LogP contribution in [0.4, 0.5) is 0 Å². The highest BCUT2D eigenvalue weighted by atomic mass is 15.2. The highest BCUT2D eigenvalue weighted by Crippen LogP contribution is 2.36. The largest absolute Gasteiger partial charge is 0.296 e. The van der Waals surface area contributed by atoms with Crippen molar-refractivity contribution in [3.63, 3.8) is 0 Å². The Balaban J connectivity index is 0. The molecule has 238 valence electrons. The molecule has 3 heterocycles. The number of hydrogen-bond acceptors (Lipinski definition) is 3. The van der Waals surface area contributed by atoms with E-state index >= 15 is 0 Å². The molecule has 3 nitrogen and oxygen atoms in total. The lowest BCUT2D eigenvalue weighted by molar-refractivity contribution is 0.0582. The first kappa shape index (κ1) is 41.0. The van der Waals surface area contributed by atoms with Crippen LogP contribution in [-0.4, -0.2) is 69.1 Å². The van der Waals surface area contributed by atoms with Crippen molar-refractivity contribution in [3.8, 4) is 0 Å². The van der Waals surface area contributed by atoms with Crippen LogP contribution in [0.5, 0.6) is 0 Å². The number of likely N-dealkylation sites (tertiary alicyclic amines) is 3. The predicted molar refractivity (Wildman–Crippen MR) is 181 cm³/mol. The van der Waals surface area contributed by atoms with Crippen molar-refractivity contribution in [1.29, 1.82) is 0 Å². The topological polar surface area (TPSA) is 9.72 Å². The molecule has 0 aromatic carbocycles. The van der Waals surface area contributed by atoms with Crippen molar-refractivity contribution in [1.82, 2.24) is 14.7 Å². The van der Waals surface area contributed by atoms with Gasteiger partial charge in [0.15, 0.2) is 0 Å². The lowest BCUT2D eigenvalue weighted by atomic mass is 9.83. The molecule has 39 heavy (non-hydrogen) atoms. The molecule has 0 spiro atoms. The van der Waals surface area contributed by atoms with Crippen molar-refractivity contribution in [2.75, 3.05) is 19.6 Å². The van der Waals surface area contributed by atoms with Gasteiger partial charge in [0.05, 0.1) is 0 Å². The van der Waals surface area contributed by atoms with E-state index in [0.717, 1.165) is 18.1 Å². The number of nitrogens with zero attached hydrogens (tertiary/aromatic N) is 3. The summed E-state index contributed by atoms with van der Waals surface area (Å²) < 4.78 is 0. The molecule has 3 heteroatoms. The van der Waals surface area contributed by atoms with Gasteiger partial charge in [0.25, 0.3) is 0 Å². The zero-order chi connectivity index (χ0) is 31.2. The molecule has 0 aromatic rings. The van der Waals surface area contributed by atoms with Gasteiger partial charge in [-0.1, -0.05) is 61.3 Å². The van der Waals surface area contributed by atoms with Gasteiger partial charge in [0, 0.05) is 34.7 Å². The fourth-order valence-corrected chi connectivity index (χ4v) is 6.33. The quantitative estimate of drug-likeness (QED) is 0.295. The van der Waals surface area contributed by atoms with Crippen LogP contribution >= 0.6 is 0 Å². The van der Waals surface area contributed by atoms with E-state index in [1.165, 1.54) is 71.0 Å². The second-order valence-corrected chi connectivity index (χ2v) is 16.5. The summed E-state index contributed by atoms with van der Waals surface area (Å²) in [6.45, 7) is 44.9. The summed E-state index contributed by atoms with van der Waals surface area (Å²) in [5.74, 6) is 0. The monoisotopic (exact) mass is 554 g/mol. The zero-order valence-electron chi connectivity index (χ0n) is 30.9. The van der Waals surface area contributed by atoms with Gasteiger partial charge < -0.3 is 0 Å². The molecule has 3 atom stereocenters. The van der Waals surface area contributed by atoms with Crippen LogP contribution in [0, 0.1) is 5.41 Å². The van der Waals surface area contributed by atoms with Crippen molar-refractivity contribution >= 4 is 0 Å². The zero-order valence-corrected chi connectivity index (χ0v) is 30.9. The first-order chi connectivity index (χ1) is 17.6. The Kier molecular flexibility index (Phi) is 19.4. The minimum Gasteiger partial charge on any atom is -0.296 e. The van der Waals surface area contributed by atoms with Crippen LogP contribution in [0.15, 0.2) is 0 Å². The van der Waals surface area contributed by atoms with Crippen LogP contribution in [0.25, 0.3) is 0 Å². The third-order valence-electron chi connectivity index (χ3n) is 7.94. The first-order valence-corrected chi connectivity index (χ1v) is 16.9. The van der Waals surface area contributed by atoms with E-state index in [1.54, 1.807) is 0 Å². The highest BCUT2D eigenvalue weighted by molar-refractivity contribution is 4.94. The Bertz CT molecular complexity index is 532. The van der Waals surface area contributed by atoms with Crippen LogP contribution in [-0.2, 0) is 0 Å². The second kappa shape index (κ2) is 18.4. The van der Waals surface area contributed by atoms with Crippen LogP contribution < -0.4 is 0 Å². The Morgan fingerprint density at radius 3 is 0.872 bits per heavy atom. The van der Waals surface area contributed by atoms with Crippen LogP contribution in [0.2, 0.25) is 0 Å².